The Morgan fingerprint density at radius 2 is 1.50 bits per heavy atom. The monoisotopic (exact) mass is 389 g/mol. The van der Waals surface area contributed by atoms with Crippen molar-refractivity contribution in [3.8, 4) is 0 Å². The standard InChI is InChI=1S/C22H16ClN3O2/c23-19-20(22(28)17-6-2-1-5-16(17)21(19)27)26-15-10-8-14(9-11-15)13-25-18-7-3-4-12-24-18/h1-12,26H,13H2,(H,24,25). The maximum absolute atomic E-state index is 12.7. The first-order chi connectivity index (χ1) is 13.6. The van der Waals surface area contributed by atoms with Crippen molar-refractivity contribution in [2.24, 2.45) is 0 Å². The summed E-state index contributed by atoms with van der Waals surface area (Å²) in [4.78, 5) is 29.4. The number of nitrogens with zero attached hydrogens (tertiary/aromatic N) is 1. The number of halogens is 1. The number of hydrogen-bond donors (Lipinski definition) is 2. The lowest BCUT2D eigenvalue weighted by atomic mass is 9.92. The zero-order chi connectivity index (χ0) is 19.5. The van der Waals surface area contributed by atoms with Gasteiger partial charge in [0, 0.05) is 29.6 Å². The summed E-state index contributed by atoms with van der Waals surface area (Å²) in [7, 11) is 0. The average molecular weight is 390 g/mol. The highest BCUT2D eigenvalue weighted by molar-refractivity contribution is 6.50. The third kappa shape index (κ3) is 3.52. The van der Waals surface area contributed by atoms with Gasteiger partial charge in [-0.1, -0.05) is 54.1 Å². The number of benzene rings is 2. The van der Waals surface area contributed by atoms with Crippen LogP contribution >= 0.6 is 11.6 Å². The quantitative estimate of drug-likeness (QED) is 0.665. The fourth-order valence-electron chi connectivity index (χ4n) is 2.97. The molecule has 4 rings (SSSR count). The van der Waals surface area contributed by atoms with Gasteiger partial charge in [-0.3, -0.25) is 9.59 Å². The molecule has 0 saturated carbocycles. The Kier molecular flexibility index (Phi) is 4.91. The third-order valence-electron chi connectivity index (χ3n) is 4.42. The smallest absolute Gasteiger partial charge is 0.211 e. The second-order valence-electron chi connectivity index (χ2n) is 6.28. The number of allylic oxidation sites excluding steroid dienone is 2. The van der Waals surface area contributed by atoms with Gasteiger partial charge in [-0.25, -0.2) is 4.98 Å². The lowest BCUT2D eigenvalue weighted by molar-refractivity contribution is 0.0982. The van der Waals surface area contributed by atoms with Crippen LogP contribution in [-0.4, -0.2) is 16.6 Å². The van der Waals surface area contributed by atoms with Crippen molar-refractivity contribution in [3.05, 3.63) is 100 Å². The lowest BCUT2D eigenvalue weighted by Crippen LogP contribution is -2.24. The predicted octanol–water partition coefficient (Wildman–Crippen LogP) is 4.64. The Hall–Kier alpha value is -3.44. The van der Waals surface area contributed by atoms with E-state index in [0.29, 0.717) is 23.4 Å². The number of rotatable bonds is 5. The van der Waals surface area contributed by atoms with Crippen molar-refractivity contribution in [1.82, 2.24) is 4.98 Å². The molecule has 0 bridgehead atoms. The van der Waals surface area contributed by atoms with Gasteiger partial charge in [-0.2, -0.15) is 0 Å². The highest BCUT2D eigenvalue weighted by Gasteiger charge is 2.31. The highest BCUT2D eigenvalue weighted by Crippen LogP contribution is 2.29. The summed E-state index contributed by atoms with van der Waals surface area (Å²) >= 11 is 6.18. The molecule has 0 atom stereocenters. The van der Waals surface area contributed by atoms with Crippen LogP contribution in [-0.2, 0) is 6.54 Å². The SMILES string of the molecule is O=C1C(Cl)=C(Nc2ccc(CNc3ccccn3)cc2)C(=O)c2ccccc21. The van der Waals surface area contributed by atoms with Crippen LogP contribution in [0, 0.1) is 0 Å². The molecular weight excluding hydrogens is 374 g/mol. The van der Waals surface area contributed by atoms with Crippen molar-refractivity contribution < 1.29 is 9.59 Å². The number of anilines is 2. The van der Waals surface area contributed by atoms with Crippen molar-refractivity contribution in [2.75, 3.05) is 10.6 Å². The van der Waals surface area contributed by atoms with Crippen molar-refractivity contribution >= 4 is 34.7 Å². The minimum Gasteiger partial charge on any atom is -0.366 e. The van der Waals surface area contributed by atoms with Crippen LogP contribution in [0.2, 0.25) is 0 Å². The summed E-state index contributed by atoms with van der Waals surface area (Å²) in [6, 6.07) is 19.9. The van der Waals surface area contributed by atoms with Gasteiger partial charge in [0.15, 0.2) is 0 Å². The summed E-state index contributed by atoms with van der Waals surface area (Å²) in [6.07, 6.45) is 1.73. The number of fused-ring (bicyclic) bond motifs is 1. The maximum atomic E-state index is 12.7. The molecule has 0 radical (unpaired) electrons. The number of ketones is 2. The van der Waals surface area contributed by atoms with E-state index in [-0.39, 0.29) is 22.3 Å². The normalized spacial score (nSPS) is 13.3. The van der Waals surface area contributed by atoms with E-state index in [1.54, 1.807) is 30.5 Å². The fraction of sp³-hybridized carbons (Fsp3) is 0.0455. The lowest BCUT2D eigenvalue weighted by Gasteiger charge is -2.19. The molecule has 5 nitrogen and oxygen atoms in total. The topological polar surface area (TPSA) is 71.1 Å². The molecule has 28 heavy (non-hydrogen) atoms. The molecule has 0 unspecified atom stereocenters. The van der Waals surface area contributed by atoms with Gasteiger partial charge >= 0.3 is 0 Å². The van der Waals surface area contributed by atoms with Crippen LogP contribution in [0.15, 0.2) is 83.7 Å². The Bertz CT molecular complexity index is 1080. The Morgan fingerprint density at radius 1 is 0.821 bits per heavy atom. The molecule has 0 aliphatic heterocycles. The number of carbonyl (C=O) groups excluding carboxylic acids is 2. The van der Waals surface area contributed by atoms with Crippen molar-refractivity contribution in [1.29, 1.82) is 0 Å². The predicted molar refractivity (Wildman–Crippen MR) is 110 cm³/mol. The summed E-state index contributed by atoms with van der Waals surface area (Å²) in [6.45, 7) is 0.617. The zero-order valence-corrected chi connectivity index (χ0v) is 15.5. The largest absolute Gasteiger partial charge is 0.366 e. The molecule has 2 N–H and O–H groups in total. The third-order valence-corrected chi connectivity index (χ3v) is 4.78. The molecule has 6 heteroatoms. The summed E-state index contributed by atoms with van der Waals surface area (Å²) in [5, 5.41) is 6.14. The van der Waals surface area contributed by atoms with Crippen LogP contribution < -0.4 is 10.6 Å². The summed E-state index contributed by atoms with van der Waals surface area (Å²) in [5.74, 6) is 0.156. The van der Waals surface area contributed by atoms with E-state index in [2.05, 4.69) is 15.6 Å². The first kappa shape index (κ1) is 17.9. The van der Waals surface area contributed by atoms with Gasteiger partial charge in [0.25, 0.3) is 0 Å². The maximum Gasteiger partial charge on any atom is 0.211 e. The van der Waals surface area contributed by atoms with E-state index in [1.807, 2.05) is 42.5 Å². The van der Waals surface area contributed by atoms with Gasteiger partial charge in [0.05, 0.1) is 0 Å². The van der Waals surface area contributed by atoms with Crippen LogP contribution in [0.1, 0.15) is 26.3 Å². The number of carbonyl (C=O) groups is 2. The van der Waals surface area contributed by atoms with E-state index in [1.165, 1.54) is 0 Å². The number of aromatic nitrogens is 1. The molecular formula is C22H16ClN3O2. The Morgan fingerprint density at radius 3 is 2.18 bits per heavy atom. The molecule has 0 amide bonds. The first-order valence-corrected chi connectivity index (χ1v) is 9.10. The van der Waals surface area contributed by atoms with Gasteiger partial charge < -0.3 is 10.6 Å². The number of pyridine rings is 1. The fourth-order valence-corrected chi connectivity index (χ4v) is 3.20. The Balaban J connectivity index is 1.49. The second kappa shape index (κ2) is 7.66. The average Bonchev–Trinajstić information content (AvgIpc) is 2.75. The molecule has 1 aromatic heterocycles. The molecule has 2 aromatic carbocycles. The van der Waals surface area contributed by atoms with Crippen LogP contribution in [0.25, 0.3) is 0 Å². The second-order valence-corrected chi connectivity index (χ2v) is 6.66. The minimum atomic E-state index is -0.351. The van der Waals surface area contributed by atoms with Crippen LogP contribution in [0.3, 0.4) is 0 Å². The highest BCUT2D eigenvalue weighted by atomic mass is 35.5. The van der Waals surface area contributed by atoms with E-state index in [9.17, 15) is 9.59 Å². The van der Waals surface area contributed by atoms with Gasteiger partial charge in [0.2, 0.25) is 11.6 Å². The first-order valence-electron chi connectivity index (χ1n) is 8.72. The van der Waals surface area contributed by atoms with E-state index < -0.39 is 0 Å². The molecule has 0 saturated heterocycles. The van der Waals surface area contributed by atoms with Crippen LogP contribution in [0.5, 0.6) is 0 Å². The molecule has 1 heterocycles. The number of nitrogens with one attached hydrogen (secondary N) is 2. The molecule has 1 aliphatic carbocycles. The molecule has 0 fully saturated rings. The van der Waals surface area contributed by atoms with Gasteiger partial charge in [0.1, 0.15) is 16.5 Å². The van der Waals surface area contributed by atoms with Gasteiger partial charge in [-0.05, 0) is 29.8 Å². The summed E-state index contributed by atoms with van der Waals surface area (Å²) < 4.78 is 0. The minimum absolute atomic E-state index is 0.0930. The van der Waals surface area contributed by atoms with Crippen molar-refractivity contribution in [3.63, 3.8) is 0 Å². The van der Waals surface area contributed by atoms with E-state index in [0.717, 1.165) is 11.4 Å². The summed E-state index contributed by atoms with van der Waals surface area (Å²) in [5.41, 5.74) is 2.52. The zero-order valence-electron chi connectivity index (χ0n) is 14.8. The van der Waals surface area contributed by atoms with Crippen molar-refractivity contribution in [2.45, 2.75) is 6.54 Å². The Labute approximate surface area is 167 Å². The number of Topliss-reactive ketones (excluding diaryl/α,β-unsaturated/α-hetero) is 2. The number of hydrogen-bond acceptors (Lipinski definition) is 5. The molecule has 1 aliphatic rings. The van der Waals surface area contributed by atoms with Gasteiger partial charge in [-0.15, -0.1) is 0 Å². The van der Waals surface area contributed by atoms with Crippen LogP contribution in [0.4, 0.5) is 11.5 Å². The van der Waals surface area contributed by atoms with E-state index in [4.69, 9.17) is 11.6 Å². The van der Waals surface area contributed by atoms with E-state index >= 15 is 0 Å². The molecule has 3 aromatic rings. The molecule has 0 spiro atoms. The molecule has 138 valence electrons.